The molecule has 1 aromatic carbocycles. The summed E-state index contributed by atoms with van der Waals surface area (Å²) in [4.78, 5) is 0. The Morgan fingerprint density at radius 1 is 1.15 bits per heavy atom. The van der Waals surface area contributed by atoms with Crippen molar-refractivity contribution in [3.63, 3.8) is 0 Å². The first-order valence-corrected chi connectivity index (χ1v) is 7.22. The smallest absolute Gasteiger partial charge is 0.216 e. The van der Waals surface area contributed by atoms with Gasteiger partial charge < -0.3 is 4.74 Å². The van der Waals surface area contributed by atoms with Crippen LogP contribution in [0.2, 0.25) is 0 Å². The third kappa shape index (κ3) is 2.00. The zero-order valence-electron chi connectivity index (χ0n) is 12.7. The van der Waals surface area contributed by atoms with Crippen LogP contribution in [0.5, 0.6) is 5.75 Å². The van der Waals surface area contributed by atoms with Gasteiger partial charge in [0.05, 0.1) is 12.2 Å². The molecule has 0 amide bonds. The molecule has 0 unspecified atom stereocenters. The maximum atomic E-state index is 6.07. The third-order valence-corrected chi connectivity index (χ3v) is 4.38. The summed E-state index contributed by atoms with van der Waals surface area (Å²) in [6.07, 6.45) is 3.16. The Morgan fingerprint density at radius 3 is 2.70 bits per heavy atom. The summed E-state index contributed by atoms with van der Waals surface area (Å²) in [6, 6.07) is 10.8. The number of hydrogen-bond donors (Lipinski definition) is 0. The van der Waals surface area contributed by atoms with Crippen LogP contribution in [0.1, 0.15) is 31.4 Å². The van der Waals surface area contributed by atoms with E-state index in [9.17, 15) is 0 Å². The van der Waals surface area contributed by atoms with Crippen LogP contribution in [0.4, 0.5) is 0 Å². The number of nitrogens with zero attached hydrogens (tertiary/aromatic N) is 1. The fourth-order valence-corrected chi connectivity index (χ4v) is 3.01. The number of ether oxygens (including phenoxy) is 1. The minimum atomic E-state index is 0.184. The highest BCUT2D eigenvalue weighted by Gasteiger charge is 2.32. The first kappa shape index (κ1) is 13.2. The van der Waals surface area contributed by atoms with Crippen LogP contribution in [0, 0.1) is 6.92 Å². The minimum absolute atomic E-state index is 0.184. The first-order valence-electron chi connectivity index (χ1n) is 7.22. The molecule has 3 rings (SSSR count). The zero-order valence-corrected chi connectivity index (χ0v) is 12.7. The Morgan fingerprint density at radius 2 is 1.95 bits per heavy atom. The standard InChI is InChI=1S/C18H22NO/c1-13-8-9-14-17(20-12-10-18(14,2)3)16(13)15-7-5-6-11-19(15)4/h5-9,11H,10,12H2,1-4H3/q+1. The van der Waals surface area contributed by atoms with Crippen LogP contribution >= 0.6 is 0 Å². The predicted octanol–water partition coefficient (Wildman–Crippen LogP) is 3.55. The normalized spacial score (nSPS) is 16.4. The number of aryl methyl sites for hydroxylation is 2. The van der Waals surface area contributed by atoms with Crippen LogP contribution in [-0.2, 0) is 12.5 Å². The lowest BCUT2D eigenvalue weighted by Crippen LogP contribution is -2.32. The van der Waals surface area contributed by atoms with Crippen LogP contribution in [0.15, 0.2) is 36.5 Å². The Kier molecular flexibility index (Phi) is 3.04. The molecule has 0 saturated heterocycles. The molecule has 0 N–H and O–H groups in total. The van der Waals surface area contributed by atoms with Gasteiger partial charge in [-0.25, -0.2) is 4.57 Å². The Labute approximate surface area is 121 Å². The van der Waals surface area contributed by atoms with Gasteiger partial charge in [0.1, 0.15) is 12.8 Å². The molecule has 2 heterocycles. The molecule has 0 saturated carbocycles. The van der Waals surface area contributed by atoms with E-state index < -0.39 is 0 Å². The fraction of sp³-hybridized carbons (Fsp3) is 0.389. The van der Waals surface area contributed by atoms with Gasteiger partial charge in [0.2, 0.25) is 5.69 Å². The molecular formula is C18H22NO+. The van der Waals surface area contributed by atoms with Gasteiger partial charge in [0.25, 0.3) is 0 Å². The molecule has 2 heteroatoms. The van der Waals surface area contributed by atoms with E-state index in [0.29, 0.717) is 0 Å². The second kappa shape index (κ2) is 4.62. The molecule has 0 spiro atoms. The van der Waals surface area contributed by atoms with Gasteiger partial charge in [0.15, 0.2) is 6.20 Å². The molecule has 0 bridgehead atoms. The van der Waals surface area contributed by atoms with Gasteiger partial charge in [-0.2, -0.15) is 0 Å². The quantitative estimate of drug-likeness (QED) is 0.721. The lowest BCUT2D eigenvalue weighted by molar-refractivity contribution is -0.660. The van der Waals surface area contributed by atoms with E-state index in [-0.39, 0.29) is 5.41 Å². The van der Waals surface area contributed by atoms with E-state index >= 15 is 0 Å². The molecule has 104 valence electrons. The van der Waals surface area contributed by atoms with Crippen LogP contribution in [-0.4, -0.2) is 6.61 Å². The van der Waals surface area contributed by atoms with Gasteiger partial charge >= 0.3 is 0 Å². The SMILES string of the molecule is Cc1ccc2c(c1-c1cccc[n+]1C)OCCC2(C)C. The van der Waals surface area contributed by atoms with Crippen molar-refractivity contribution in [2.24, 2.45) is 7.05 Å². The Balaban J connectivity index is 2.29. The topological polar surface area (TPSA) is 13.1 Å². The summed E-state index contributed by atoms with van der Waals surface area (Å²) in [5.74, 6) is 1.07. The first-order chi connectivity index (χ1) is 9.50. The average molecular weight is 268 g/mol. The van der Waals surface area contributed by atoms with E-state index in [1.807, 2.05) is 0 Å². The molecule has 2 aromatic rings. The van der Waals surface area contributed by atoms with E-state index in [2.05, 4.69) is 68.9 Å². The van der Waals surface area contributed by atoms with Crippen molar-refractivity contribution in [2.75, 3.05) is 6.61 Å². The fourth-order valence-electron chi connectivity index (χ4n) is 3.01. The Hall–Kier alpha value is -1.83. The largest absolute Gasteiger partial charge is 0.492 e. The highest BCUT2D eigenvalue weighted by molar-refractivity contribution is 5.72. The second-order valence-electron chi connectivity index (χ2n) is 6.31. The van der Waals surface area contributed by atoms with Crippen molar-refractivity contribution < 1.29 is 9.30 Å². The number of aromatic nitrogens is 1. The molecular weight excluding hydrogens is 246 g/mol. The summed E-state index contributed by atoms with van der Waals surface area (Å²) >= 11 is 0. The molecule has 0 atom stereocenters. The molecule has 2 nitrogen and oxygen atoms in total. The minimum Gasteiger partial charge on any atom is -0.492 e. The van der Waals surface area contributed by atoms with Gasteiger partial charge in [-0.3, -0.25) is 0 Å². The maximum Gasteiger partial charge on any atom is 0.216 e. The van der Waals surface area contributed by atoms with Crippen molar-refractivity contribution in [1.82, 2.24) is 0 Å². The highest BCUT2D eigenvalue weighted by atomic mass is 16.5. The van der Waals surface area contributed by atoms with Crippen molar-refractivity contribution >= 4 is 0 Å². The zero-order chi connectivity index (χ0) is 14.3. The summed E-state index contributed by atoms with van der Waals surface area (Å²) in [5, 5.41) is 0. The Bertz CT molecular complexity index is 658. The lowest BCUT2D eigenvalue weighted by atomic mass is 9.78. The highest BCUT2D eigenvalue weighted by Crippen LogP contribution is 2.44. The monoisotopic (exact) mass is 268 g/mol. The molecule has 1 aliphatic rings. The van der Waals surface area contributed by atoms with E-state index in [0.717, 1.165) is 18.8 Å². The van der Waals surface area contributed by atoms with Crippen molar-refractivity contribution in [2.45, 2.75) is 32.6 Å². The van der Waals surface area contributed by atoms with Crippen LogP contribution < -0.4 is 9.30 Å². The number of benzene rings is 1. The van der Waals surface area contributed by atoms with Gasteiger partial charge in [0, 0.05) is 17.7 Å². The number of hydrogen-bond acceptors (Lipinski definition) is 1. The number of rotatable bonds is 1. The van der Waals surface area contributed by atoms with E-state index in [1.54, 1.807) is 0 Å². The summed E-state index contributed by atoms with van der Waals surface area (Å²) in [6.45, 7) is 7.57. The predicted molar refractivity (Wildman–Crippen MR) is 80.9 cm³/mol. The van der Waals surface area contributed by atoms with Crippen molar-refractivity contribution in [3.8, 4) is 17.0 Å². The van der Waals surface area contributed by atoms with E-state index in [1.165, 1.54) is 22.4 Å². The summed E-state index contributed by atoms with van der Waals surface area (Å²) in [5.41, 5.74) is 5.22. The molecule has 0 fully saturated rings. The number of fused-ring (bicyclic) bond motifs is 1. The van der Waals surface area contributed by atoms with Crippen molar-refractivity contribution in [3.05, 3.63) is 47.7 Å². The van der Waals surface area contributed by atoms with E-state index in [4.69, 9.17) is 4.74 Å². The van der Waals surface area contributed by atoms with Crippen LogP contribution in [0.25, 0.3) is 11.3 Å². The molecule has 1 aromatic heterocycles. The maximum absolute atomic E-state index is 6.07. The molecule has 0 aliphatic carbocycles. The van der Waals surface area contributed by atoms with Gasteiger partial charge in [-0.1, -0.05) is 26.0 Å². The summed E-state index contributed by atoms with van der Waals surface area (Å²) in [7, 11) is 2.09. The molecule has 0 radical (unpaired) electrons. The van der Waals surface area contributed by atoms with Crippen LogP contribution in [0.3, 0.4) is 0 Å². The molecule has 1 aliphatic heterocycles. The van der Waals surface area contributed by atoms with Gasteiger partial charge in [-0.05, 0) is 30.4 Å². The van der Waals surface area contributed by atoms with Crippen molar-refractivity contribution in [1.29, 1.82) is 0 Å². The molecule has 20 heavy (non-hydrogen) atoms. The third-order valence-electron chi connectivity index (χ3n) is 4.38. The number of pyridine rings is 1. The lowest BCUT2D eigenvalue weighted by Gasteiger charge is -2.33. The average Bonchev–Trinajstić information content (AvgIpc) is 2.39. The second-order valence-corrected chi connectivity index (χ2v) is 6.31. The summed E-state index contributed by atoms with van der Waals surface area (Å²) < 4.78 is 8.23. The van der Waals surface area contributed by atoms with Gasteiger partial charge in [-0.15, -0.1) is 0 Å².